The molecule has 94 valence electrons. The topological polar surface area (TPSA) is 65.2 Å². The lowest BCUT2D eigenvalue weighted by molar-refractivity contribution is 0.101. The zero-order valence-electron chi connectivity index (χ0n) is 10.2. The van der Waals surface area contributed by atoms with E-state index in [9.17, 15) is 4.79 Å². The predicted octanol–water partition coefficient (Wildman–Crippen LogP) is 2.46. The molecule has 0 fully saturated rings. The fourth-order valence-corrected chi connectivity index (χ4v) is 1.79. The van der Waals surface area contributed by atoms with Gasteiger partial charge in [-0.15, -0.1) is 0 Å². The van der Waals surface area contributed by atoms with E-state index in [4.69, 9.17) is 9.15 Å². The molecule has 0 aliphatic carbocycles. The number of furan rings is 1. The van der Waals surface area contributed by atoms with Crippen molar-refractivity contribution in [2.45, 2.75) is 0 Å². The van der Waals surface area contributed by atoms with Crippen LogP contribution in [0.1, 0.15) is 16.2 Å². The third kappa shape index (κ3) is 2.06. The van der Waals surface area contributed by atoms with Gasteiger partial charge in [0.05, 0.1) is 13.3 Å². The van der Waals surface area contributed by atoms with Crippen LogP contribution >= 0.6 is 0 Å². The van der Waals surface area contributed by atoms with Crippen LogP contribution in [0.4, 0.5) is 0 Å². The van der Waals surface area contributed by atoms with Gasteiger partial charge in [0.15, 0.2) is 5.76 Å². The molecule has 0 saturated carbocycles. The SMILES string of the molecule is COc1ccc2cc(C(=O)c3cnccn3)oc2c1. The van der Waals surface area contributed by atoms with Gasteiger partial charge >= 0.3 is 0 Å². The van der Waals surface area contributed by atoms with Crippen LogP contribution in [-0.4, -0.2) is 22.9 Å². The van der Waals surface area contributed by atoms with Gasteiger partial charge in [0.1, 0.15) is 17.0 Å². The fourth-order valence-electron chi connectivity index (χ4n) is 1.79. The number of hydrogen-bond acceptors (Lipinski definition) is 5. The number of ether oxygens (including phenoxy) is 1. The monoisotopic (exact) mass is 254 g/mol. The highest BCUT2D eigenvalue weighted by Crippen LogP contribution is 2.25. The standard InChI is InChI=1S/C14H10N2O3/c1-18-10-3-2-9-6-13(19-12(9)7-10)14(17)11-8-15-4-5-16-11/h2-8H,1H3. The van der Waals surface area contributed by atoms with Gasteiger partial charge in [0.25, 0.3) is 0 Å². The Hall–Kier alpha value is -2.69. The number of fused-ring (bicyclic) bond motifs is 1. The summed E-state index contributed by atoms with van der Waals surface area (Å²) in [6, 6.07) is 7.08. The number of benzene rings is 1. The van der Waals surface area contributed by atoms with Crippen molar-refractivity contribution in [3.05, 3.63) is 54.3 Å². The molecule has 0 spiro atoms. The summed E-state index contributed by atoms with van der Waals surface area (Å²) in [5.41, 5.74) is 0.861. The number of carbonyl (C=O) groups excluding carboxylic acids is 1. The summed E-state index contributed by atoms with van der Waals surface area (Å²) in [7, 11) is 1.58. The summed E-state index contributed by atoms with van der Waals surface area (Å²) >= 11 is 0. The molecule has 0 aliphatic rings. The predicted molar refractivity (Wildman–Crippen MR) is 68.2 cm³/mol. The van der Waals surface area contributed by atoms with Crippen molar-refractivity contribution in [2.24, 2.45) is 0 Å². The van der Waals surface area contributed by atoms with Gasteiger partial charge in [-0.25, -0.2) is 4.98 Å². The van der Waals surface area contributed by atoms with Crippen LogP contribution in [0.3, 0.4) is 0 Å². The molecule has 5 heteroatoms. The lowest BCUT2D eigenvalue weighted by Crippen LogP contribution is -2.02. The molecule has 0 atom stereocenters. The number of rotatable bonds is 3. The molecule has 0 unspecified atom stereocenters. The first-order valence-electron chi connectivity index (χ1n) is 5.66. The fraction of sp³-hybridized carbons (Fsp3) is 0.0714. The number of ketones is 1. The maximum absolute atomic E-state index is 12.1. The van der Waals surface area contributed by atoms with E-state index in [2.05, 4.69) is 9.97 Å². The van der Waals surface area contributed by atoms with E-state index in [1.165, 1.54) is 18.6 Å². The summed E-state index contributed by atoms with van der Waals surface area (Å²) < 4.78 is 10.6. The molecule has 0 bridgehead atoms. The third-order valence-corrected chi connectivity index (χ3v) is 2.75. The molecule has 0 amide bonds. The molecule has 1 aromatic carbocycles. The molecule has 3 rings (SSSR count). The highest BCUT2D eigenvalue weighted by Gasteiger charge is 2.16. The summed E-state index contributed by atoms with van der Waals surface area (Å²) in [5, 5.41) is 0.841. The summed E-state index contributed by atoms with van der Waals surface area (Å²) in [5.74, 6) is 0.632. The smallest absolute Gasteiger partial charge is 0.248 e. The van der Waals surface area contributed by atoms with Gasteiger partial charge in [-0.2, -0.15) is 0 Å². The van der Waals surface area contributed by atoms with Crippen LogP contribution in [0.5, 0.6) is 5.75 Å². The largest absolute Gasteiger partial charge is 0.497 e. The van der Waals surface area contributed by atoms with Crippen LogP contribution in [0, 0.1) is 0 Å². The Morgan fingerprint density at radius 2 is 2.16 bits per heavy atom. The van der Waals surface area contributed by atoms with E-state index in [0.717, 1.165) is 5.39 Å². The minimum absolute atomic E-state index is 0.240. The number of nitrogens with zero attached hydrogens (tertiary/aromatic N) is 2. The first-order valence-corrected chi connectivity index (χ1v) is 5.66. The Bertz CT molecular complexity index is 735. The Balaban J connectivity index is 2.04. The lowest BCUT2D eigenvalue weighted by atomic mass is 10.2. The number of aromatic nitrogens is 2. The van der Waals surface area contributed by atoms with Crippen molar-refractivity contribution in [2.75, 3.05) is 7.11 Å². The number of hydrogen-bond donors (Lipinski definition) is 0. The maximum atomic E-state index is 12.1. The molecule has 2 heterocycles. The van der Waals surface area contributed by atoms with E-state index in [-0.39, 0.29) is 17.2 Å². The van der Waals surface area contributed by atoms with Crippen LogP contribution in [0.15, 0.2) is 47.3 Å². The van der Waals surface area contributed by atoms with Crippen molar-refractivity contribution in [1.82, 2.24) is 9.97 Å². The van der Waals surface area contributed by atoms with Crippen LogP contribution in [-0.2, 0) is 0 Å². The second-order valence-corrected chi connectivity index (χ2v) is 3.93. The molecule has 0 aliphatic heterocycles. The second-order valence-electron chi connectivity index (χ2n) is 3.93. The van der Waals surface area contributed by atoms with E-state index in [1.807, 2.05) is 12.1 Å². The average molecular weight is 254 g/mol. The number of methoxy groups -OCH3 is 1. The van der Waals surface area contributed by atoms with Gasteiger partial charge in [0, 0.05) is 23.8 Å². The van der Waals surface area contributed by atoms with E-state index in [1.54, 1.807) is 19.2 Å². The van der Waals surface area contributed by atoms with E-state index >= 15 is 0 Å². The minimum Gasteiger partial charge on any atom is -0.497 e. The second kappa shape index (κ2) is 4.53. The zero-order chi connectivity index (χ0) is 13.2. The maximum Gasteiger partial charge on any atom is 0.248 e. The Kier molecular flexibility index (Phi) is 2.72. The summed E-state index contributed by atoms with van der Waals surface area (Å²) in [4.78, 5) is 20.0. The Morgan fingerprint density at radius 1 is 1.26 bits per heavy atom. The molecule has 5 nitrogen and oxygen atoms in total. The van der Waals surface area contributed by atoms with E-state index in [0.29, 0.717) is 11.3 Å². The Labute approximate surface area is 108 Å². The third-order valence-electron chi connectivity index (χ3n) is 2.75. The molecular weight excluding hydrogens is 244 g/mol. The molecule has 3 aromatic rings. The first-order chi connectivity index (χ1) is 9.28. The lowest BCUT2D eigenvalue weighted by Gasteiger charge is -1.96. The Morgan fingerprint density at radius 3 is 2.89 bits per heavy atom. The van der Waals surface area contributed by atoms with Crippen molar-refractivity contribution in [1.29, 1.82) is 0 Å². The first kappa shape index (κ1) is 11.4. The van der Waals surface area contributed by atoms with Crippen LogP contribution in [0.25, 0.3) is 11.0 Å². The van der Waals surface area contributed by atoms with Crippen molar-refractivity contribution >= 4 is 16.8 Å². The van der Waals surface area contributed by atoms with Gasteiger partial charge in [0.2, 0.25) is 5.78 Å². The van der Waals surface area contributed by atoms with Crippen molar-refractivity contribution in [3.8, 4) is 5.75 Å². The molecule has 2 aromatic heterocycles. The molecule has 0 radical (unpaired) electrons. The van der Waals surface area contributed by atoms with E-state index < -0.39 is 0 Å². The molecule has 0 saturated heterocycles. The van der Waals surface area contributed by atoms with Crippen LogP contribution in [0.2, 0.25) is 0 Å². The average Bonchev–Trinajstić information content (AvgIpc) is 2.90. The summed E-state index contributed by atoms with van der Waals surface area (Å²) in [6.45, 7) is 0. The van der Waals surface area contributed by atoms with Gasteiger partial charge < -0.3 is 9.15 Å². The summed E-state index contributed by atoms with van der Waals surface area (Å²) in [6.07, 6.45) is 4.40. The van der Waals surface area contributed by atoms with Crippen molar-refractivity contribution in [3.63, 3.8) is 0 Å². The molecule has 0 N–H and O–H groups in total. The van der Waals surface area contributed by atoms with Crippen molar-refractivity contribution < 1.29 is 13.9 Å². The molecular formula is C14H10N2O3. The normalized spacial score (nSPS) is 10.6. The number of carbonyl (C=O) groups is 1. The highest BCUT2D eigenvalue weighted by molar-refractivity contribution is 6.07. The van der Waals surface area contributed by atoms with Crippen LogP contribution < -0.4 is 4.74 Å². The zero-order valence-corrected chi connectivity index (χ0v) is 10.2. The van der Waals surface area contributed by atoms with Gasteiger partial charge in [-0.1, -0.05) is 0 Å². The van der Waals surface area contributed by atoms with Gasteiger partial charge in [-0.05, 0) is 18.2 Å². The molecule has 19 heavy (non-hydrogen) atoms. The van der Waals surface area contributed by atoms with Gasteiger partial charge in [-0.3, -0.25) is 9.78 Å². The quantitative estimate of drug-likeness (QED) is 0.672. The minimum atomic E-state index is -0.289. The highest BCUT2D eigenvalue weighted by atomic mass is 16.5.